The average molecular weight is 254 g/mol. The summed E-state index contributed by atoms with van der Waals surface area (Å²) in [6.45, 7) is 5.44. The Balaban J connectivity index is 3.07. The number of nitrogens with two attached hydrogens (primary N) is 2. The van der Waals surface area contributed by atoms with Crippen molar-refractivity contribution in [3.63, 3.8) is 0 Å². The van der Waals surface area contributed by atoms with E-state index in [-0.39, 0.29) is 30.6 Å². The quantitative estimate of drug-likeness (QED) is 0.738. The van der Waals surface area contributed by atoms with Gasteiger partial charge in [-0.2, -0.15) is 0 Å². The van der Waals surface area contributed by atoms with E-state index in [1.165, 1.54) is 0 Å². The van der Waals surface area contributed by atoms with Crippen molar-refractivity contribution >= 4 is 17.7 Å². The van der Waals surface area contributed by atoms with E-state index in [1.807, 2.05) is 0 Å². The van der Waals surface area contributed by atoms with E-state index in [0.29, 0.717) is 5.82 Å². The highest BCUT2D eigenvalue weighted by molar-refractivity contribution is 5.92. The second kappa shape index (κ2) is 5.52. The molecule has 18 heavy (non-hydrogen) atoms. The number of aryl methyl sites for hydroxylation is 1. The lowest BCUT2D eigenvalue weighted by Gasteiger charge is -2.15. The Morgan fingerprint density at radius 1 is 1.50 bits per heavy atom. The number of rotatable bonds is 5. The maximum atomic E-state index is 11.6. The van der Waals surface area contributed by atoms with Crippen LogP contribution in [-0.2, 0) is 9.53 Å². The fraction of sp³-hybridized carbons (Fsp3) is 0.545. The van der Waals surface area contributed by atoms with Crippen LogP contribution < -0.4 is 11.5 Å². The Labute approximate surface area is 105 Å². The largest absolute Gasteiger partial charge is 0.461 e. The van der Waals surface area contributed by atoms with Gasteiger partial charge in [-0.3, -0.25) is 4.79 Å². The third kappa shape index (κ3) is 2.79. The van der Waals surface area contributed by atoms with E-state index in [4.69, 9.17) is 16.2 Å². The second-order valence-electron chi connectivity index (χ2n) is 4.00. The number of primary amides is 1. The van der Waals surface area contributed by atoms with Crippen molar-refractivity contribution in [2.45, 2.75) is 33.2 Å². The summed E-state index contributed by atoms with van der Waals surface area (Å²) in [5.41, 5.74) is 11.1. The SMILES string of the molecule is CCOC(=O)c1nc(C)n(C(C)CC(N)=O)c1N. The molecule has 0 aliphatic carbocycles. The van der Waals surface area contributed by atoms with Crippen LogP contribution in [0.1, 0.15) is 42.6 Å². The van der Waals surface area contributed by atoms with Crippen LogP contribution in [-0.4, -0.2) is 28.0 Å². The number of anilines is 1. The maximum Gasteiger partial charge on any atom is 0.360 e. The van der Waals surface area contributed by atoms with Gasteiger partial charge in [-0.25, -0.2) is 9.78 Å². The molecular weight excluding hydrogens is 236 g/mol. The van der Waals surface area contributed by atoms with Gasteiger partial charge in [0.05, 0.1) is 6.61 Å². The van der Waals surface area contributed by atoms with E-state index in [0.717, 1.165) is 0 Å². The van der Waals surface area contributed by atoms with E-state index in [2.05, 4.69) is 4.98 Å². The van der Waals surface area contributed by atoms with Crippen LogP contribution in [0.5, 0.6) is 0 Å². The summed E-state index contributed by atoms with van der Waals surface area (Å²) in [6, 6.07) is -0.252. The van der Waals surface area contributed by atoms with Gasteiger partial charge in [-0.1, -0.05) is 0 Å². The molecule has 1 rings (SSSR count). The fourth-order valence-electron chi connectivity index (χ4n) is 1.85. The molecule has 0 saturated carbocycles. The molecule has 0 aliphatic rings. The Bertz CT molecular complexity index is 467. The van der Waals surface area contributed by atoms with Gasteiger partial charge in [0.15, 0.2) is 5.69 Å². The Hall–Kier alpha value is -2.05. The molecule has 0 spiro atoms. The molecule has 0 aromatic carbocycles. The first-order chi connectivity index (χ1) is 8.38. The zero-order valence-corrected chi connectivity index (χ0v) is 10.8. The molecule has 100 valence electrons. The molecule has 0 bridgehead atoms. The van der Waals surface area contributed by atoms with Gasteiger partial charge in [0.2, 0.25) is 5.91 Å². The molecule has 0 saturated heterocycles. The van der Waals surface area contributed by atoms with Crippen LogP contribution in [0, 0.1) is 6.92 Å². The van der Waals surface area contributed by atoms with Crippen LogP contribution >= 0.6 is 0 Å². The van der Waals surface area contributed by atoms with E-state index in [1.54, 1.807) is 25.3 Å². The second-order valence-corrected chi connectivity index (χ2v) is 4.00. The van der Waals surface area contributed by atoms with Gasteiger partial charge >= 0.3 is 5.97 Å². The lowest BCUT2D eigenvalue weighted by molar-refractivity contribution is -0.118. The predicted molar refractivity (Wildman–Crippen MR) is 65.9 cm³/mol. The molecule has 0 radical (unpaired) electrons. The minimum atomic E-state index is -0.567. The monoisotopic (exact) mass is 254 g/mol. The lowest BCUT2D eigenvalue weighted by atomic mass is 10.2. The number of nitrogens with zero attached hydrogens (tertiary/aromatic N) is 2. The summed E-state index contributed by atoms with van der Waals surface area (Å²) in [5.74, 6) is -0.264. The first-order valence-electron chi connectivity index (χ1n) is 5.68. The molecule has 1 unspecified atom stereocenters. The molecule has 1 heterocycles. The first kappa shape index (κ1) is 14.0. The topological polar surface area (TPSA) is 113 Å². The number of carbonyl (C=O) groups is 2. The van der Waals surface area contributed by atoms with Crippen LogP contribution in [0.3, 0.4) is 0 Å². The molecule has 0 aliphatic heterocycles. The summed E-state index contributed by atoms with van der Waals surface area (Å²) in [6.07, 6.45) is 0.129. The van der Waals surface area contributed by atoms with Crippen LogP contribution in [0.2, 0.25) is 0 Å². The van der Waals surface area contributed by atoms with Crippen LogP contribution in [0.15, 0.2) is 0 Å². The van der Waals surface area contributed by atoms with Crippen molar-refractivity contribution < 1.29 is 14.3 Å². The van der Waals surface area contributed by atoms with Gasteiger partial charge in [-0.15, -0.1) is 0 Å². The molecular formula is C11H18N4O3. The summed E-state index contributed by atoms with van der Waals surface area (Å²) < 4.78 is 6.46. The highest BCUT2D eigenvalue weighted by atomic mass is 16.5. The maximum absolute atomic E-state index is 11.6. The lowest BCUT2D eigenvalue weighted by Crippen LogP contribution is -2.19. The molecule has 7 heteroatoms. The Morgan fingerprint density at radius 2 is 2.11 bits per heavy atom. The third-order valence-corrected chi connectivity index (χ3v) is 2.53. The predicted octanol–water partition coefficient (Wildman–Crippen LogP) is 0.387. The Kier molecular flexibility index (Phi) is 4.30. The van der Waals surface area contributed by atoms with Gasteiger partial charge in [-0.05, 0) is 20.8 Å². The van der Waals surface area contributed by atoms with Gasteiger partial charge in [0, 0.05) is 12.5 Å². The minimum absolute atomic E-state index is 0.0747. The molecule has 0 fully saturated rings. The zero-order chi connectivity index (χ0) is 13.9. The highest BCUT2D eigenvalue weighted by Gasteiger charge is 2.22. The third-order valence-electron chi connectivity index (χ3n) is 2.53. The standard InChI is InChI=1S/C11H18N4O3/c1-4-18-11(17)9-10(13)15(7(3)14-9)6(2)5-8(12)16/h6H,4-5,13H2,1-3H3,(H2,12,16). The fourth-order valence-corrected chi connectivity index (χ4v) is 1.85. The molecule has 7 nitrogen and oxygen atoms in total. The number of ether oxygens (including phenoxy) is 1. The van der Waals surface area contributed by atoms with Gasteiger partial charge < -0.3 is 20.8 Å². The summed E-state index contributed by atoms with van der Waals surface area (Å²) >= 11 is 0. The van der Waals surface area contributed by atoms with Crippen molar-refractivity contribution in [2.75, 3.05) is 12.3 Å². The minimum Gasteiger partial charge on any atom is -0.461 e. The number of amides is 1. The molecule has 1 amide bonds. The summed E-state index contributed by atoms with van der Waals surface area (Å²) in [5, 5.41) is 0. The van der Waals surface area contributed by atoms with Crippen molar-refractivity contribution in [2.24, 2.45) is 5.73 Å². The highest BCUT2D eigenvalue weighted by Crippen LogP contribution is 2.22. The zero-order valence-electron chi connectivity index (χ0n) is 10.8. The average Bonchev–Trinajstić information content (AvgIpc) is 2.53. The molecule has 1 atom stereocenters. The summed E-state index contributed by atoms with van der Waals surface area (Å²) in [7, 11) is 0. The number of nitrogen functional groups attached to an aromatic ring is 1. The van der Waals surface area contributed by atoms with E-state index >= 15 is 0 Å². The molecule has 1 aromatic heterocycles. The number of imidazole rings is 1. The van der Waals surface area contributed by atoms with Gasteiger partial charge in [0.1, 0.15) is 11.6 Å². The number of hydrogen-bond acceptors (Lipinski definition) is 5. The number of carbonyl (C=O) groups excluding carboxylic acids is 2. The van der Waals surface area contributed by atoms with Crippen LogP contribution in [0.25, 0.3) is 0 Å². The first-order valence-corrected chi connectivity index (χ1v) is 5.68. The van der Waals surface area contributed by atoms with Crippen molar-refractivity contribution in [1.82, 2.24) is 9.55 Å². The van der Waals surface area contributed by atoms with E-state index in [9.17, 15) is 9.59 Å². The Morgan fingerprint density at radius 3 is 2.61 bits per heavy atom. The number of hydrogen-bond donors (Lipinski definition) is 2. The number of aromatic nitrogens is 2. The van der Waals surface area contributed by atoms with Crippen LogP contribution in [0.4, 0.5) is 5.82 Å². The van der Waals surface area contributed by atoms with E-state index < -0.39 is 11.9 Å². The normalized spacial score (nSPS) is 12.2. The molecule has 4 N–H and O–H groups in total. The molecule has 1 aromatic rings. The number of esters is 1. The summed E-state index contributed by atoms with van der Waals surface area (Å²) in [4.78, 5) is 26.6. The smallest absolute Gasteiger partial charge is 0.360 e. The van der Waals surface area contributed by atoms with Gasteiger partial charge in [0.25, 0.3) is 0 Å². The van der Waals surface area contributed by atoms with Crippen molar-refractivity contribution in [3.05, 3.63) is 11.5 Å². The van der Waals surface area contributed by atoms with Crippen molar-refractivity contribution in [3.8, 4) is 0 Å². The van der Waals surface area contributed by atoms with Crippen molar-refractivity contribution in [1.29, 1.82) is 0 Å².